The van der Waals surface area contributed by atoms with Crippen LogP contribution >= 0.6 is 11.3 Å². The Labute approximate surface area is 123 Å². The Balaban J connectivity index is 1.78. The highest BCUT2D eigenvalue weighted by molar-refractivity contribution is 7.92. The molecule has 0 aromatic carbocycles. The highest BCUT2D eigenvalue weighted by atomic mass is 32.2. The summed E-state index contributed by atoms with van der Waals surface area (Å²) in [7, 11) is -3.24. The highest BCUT2D eigenvalue weighted by Gasteiger charge is 2.30. The Kier molecular flexibility index (Phi) is 3.50. The largest absolute Gasteiger partial charge is 0.349 e. The molecular formula is C13H18N2O3S2. The second kappa shape index (κ2) is 5.04. The van der Waals surface area contributed by atoms with Gasteiger partial charge in [0.2, 0.25) is 10.0 Å². The molecule has 1 N–H and O–H groups in total. The van der Waals surface area contributed by atoms with E-state index in [1.165, 1.54) is 34.7 Å². The molecule has 1 saturated carbocycles. The van der Waals surface area contributed by atoms with Gasteiger partial charge in [-0.2, -0.15) is 0 Å². The first-order chi connectivity index (χ1) is 9.45. The number of carbonyl (C=O) groups excluding carboxylic acids is 1. The van der Waals surface area contributed by atoms with Crippen molar-refractivity contribution in [1.29, 1.82) is 0 Å². The summed E-state index contributed by atoms with van der Waals surface area (Å²) in [6, 6.07) is 2.00. The van der Waals surface area contributed by atoms with E-state index in [4.69, 9.17) is 0 Å². The fourth-order valence-corrected chi connectivity index (χ4v) is 4.97. The topological polar surface area (TPSA) is 66.5 Å². The fourth-order valence-electron chi connectivity index (χ4n) is 2.92. The Morgan fingerprint density at radius 1 is 1.40 bits per heavy atom. The molecular weight excluding hydrogens is 296 g/mol. The number of rotatable bonds is 3. The number of hydrogen-bond acceptors (Lipinski definition) is 4. The predicted octanol–water partition coefficient (Wildman–Crippen LogP) is 1.74. The number of thiophene rings is 1. The highest BCUT2D eigenvalue weighted by Crippen LogP contribution is 2.37. The van der Waals surface area contributed by atoms with Crippen LogP contribution in [0.1, 0.15) is 40.2 Å². The molecule has 2 heterocycles. The van der Waals surface area contributed by atoms with Crippen LogP contribution in [0.4, 0.5) is 5.69 Å². The number of carbonyl (C=O) groups is 1. The van der Waals surface area contributed by atoms with Crippen molar-refractivity contribution in [2.24, 2.45) is 0 Å². The van der Waals surface area contributed by atoms with Crippen molar-refractivity contribution in [2.45, 2.75) is 38.1 Å². The Bertz CT molecular complexity index is 630. The molecule has 0 saturated heterocycles. The SMILES string of the molecule is CS(=O)(=O)N1CCc2sc(C(=O)NC3CCCC3)cc21. The summed E-state index contributed by atoms with van der Waals surface area (Å²) < 4.78 is 24.8. The zero-order valence-corrected chi connectivity index (χ0v) is 13.0. The molecule has 5 nitrogen and oxygen atoms in total. The van der Waals surface area contributed by atoms with Crippen LogP contribution < -0.4 is 9.62 Å². The monoisotopic (exact) mass is 314 g/mol. The molecule has 110 valence electrons. The van der Waals surface area contributed by atoms with E-state index in [-0.39, 0.29) is 11.9 Å². The van der Waals surface area contributed by atoms with Crippen LogP contribution in [0.2, 0.25) is 0 Å². The van der Waals surface area contributed by atoms with Gasteiger partial charge in [-0.15, -0.1) is 11.3 Å². The van der Waals surface area contributed by atoms with Gasteiger partial charge in [0.05, 0.1) is 16.8 Å². The van der Waals surface area contributed by atoms with Crippen molar-refractivity contribution >= 4 is 33.0 Å². The lowest BCUT2D eigenvalue weighted by molar-refractivity contribution is 0.0942. The number of sulfonamides is 1. The summed E-state index contributed by atoms with van der Waals surface area (Å²) >= 11 is 1.42. The van der Waals surface area contributed by atoms with Crippen LogP contribution in [0.5, 0.6) is 0 Å². The number of anilines is 1. The third kappa shape index (κ3) is 2.56. The smallest absolute Gasteiger partial charge is 0.261 e. The molecule has 20 heavy (non-hydrogen) atoms. The van der Waals surface area contributed by atoms with Crippen molar-refractivity contribution < 1.29 is 13.2 Å². The molecule has 1 fully saturated rings. The summed E-state index contributed by atoms with van der Waals surface area (Å²) in [4.78, 5) is 13.8. The van der Waals surface area contributed by atoms with Gasteiger partial charge in [0.1, 0.15) is 0 Å². The normalized spacial score (nSPS) is 19.4. The van der Waals surface area contributed by atoms with E-state index in [2.05, 4.69) is 5.32 Å². The van der Waals surface area contributed by atoms with Crippen LogP contribution in [0.15, 0.2) is 6.07 Å². The van der Waals surface area contributed by atoms with Gasteiger partial charge >= 0.3 is 0 Å². The second-order valence-corrected chi connectivity index (χ2v) is 8.50. The molecule has 0 unspecified atom stereocenters. The lowest BCUT2D eigenvalue weighted by Gasteiger charge is -2.15. The van der Waals surface area contributed by atoms with Crippen molar-refractivity contribution in [1.82, 2.24) is 5.32 Å². The maximum absolute atomic E-state index is 12.2. The number of nitrogens with one attached hydrogen (secondary N) is 1. The molecule has 0 bridgehead atoms. The average Bonchev–Trinajstić information content (AvgIpc) is 3.01. The molecule has 3 rings (SSSR count). The van der Waals surface area contributed by atoms with Crippen LogP contribution in [0.3, 0.4) is 0 Å². The number of amides is 1. The molecule has 0 radical (unpaired) electrons. The molecule has 1 aliphatic heterocycles. The molecule has 1 aromatic heterocycles. The Morgan fingerprint density at radius 2 is 2.10 bits per heavy atom. The van der Waals surface area contributed by atoms with Crippen molar-refractivity contribution in [3.05, 3.63) is 15.8 Å². The van der Waals surface area contributed by atoms with E-state index in [0.717, 1.165) is 17.7 Å². The Hall–Kier alpha value is -1.08. The molecule has 7 heteroatoms. The zero-order valence-electron chi connectivity index (χ0n) is 11.4. The fraction of sp³-hybridized carbons (Fsp3) is 0.615. The van der Waals surface area contributed by atoms with Gasteiger partial charge in [0.15, 0.2) is 0 Å². The third-order valence-electron chi connectivity index (χ3n) is 3.91. The number of hydrogen-bond donors (Lipinski definition) is 1. The predicted molar refractivity (Wildman–Crippen MR) is 79.9 cm³/mol. The van der Waals surface area contributed by atoms with Gasteiger partial charge < -0.3 is 5.32 Å². The summed E-state index contributed by atoms with van der Waals surface area (Å²) in [6.45, 7) is 0.491. The molecule has 1 aliphatic carbocycles. The first-order valence-electron chi connectivity index (χ1n) is 6.86. The summed E-state index contributed by atoms with van der Waals surface area (Å²) in [6.07, 6.45) is 6.35. The van der Waals surface area contributed by atoms with Gasteiger partial charge in [0.25, 0.3) is 5.91 Å². The minimum absolute atomic E-state index is 0.0650. The number of fused-ring (bicyclic) bond motifs is 1. The number of nitrogens with zero attached hydrogens (tertiary/aromatic N) is 1. The van der Waals surface area contributed by atoms with E-state index in [1.807, 2.05) is 0 Å². The van der Waals surface area contributed by atoms with Crippen molar-refractivity contribution in [3.63, 3.8) is 0 Å². The zero-order chi connectivity index (χ0) is 14.3. The minimum Gasteiger partial charge on any atom is -0.349 e. The molecule has 1 amide bonds. The van der Waals surface area contributed by atoms with E-state index < -0.39 is 10.0 Å². The van der Waals surface area contributed by atoms with Crippen molar-refractivity contribution in [3.8, 4) is 0 Å². The van der Waals surface area contributed by atoms with E-state index in [0.29, 0.717) is 23.5 Å². The first-order valence-corrected chi connectivity index (χ1v) is 9.53. The van der Waals surface area contributed by atoms with Crippen LogP contribution in [-0.2, 0) is 16.4 Å². The van der Waals surface area contributed by atoms with Gasteiger partial charge in [-0.05, 0) is 18.9 Å². The van der Waals surface area contributed by atoms with Gasteiger partial charge in [-0.3, -0.25) is 9.10 Å². The summed E-state index contributed by atoms with van der Waals surface area (Å²) in [5, 5.41) is 3.04. The van der Waals surface area contributed by atoms with Gasteiger partial charge in [0, 0.05) is 23.9 Å². The molecule has 2 aliphatic rings. The molecule has 0 spiro atoms. The third-order valence-corrected chi connectivity index (χ3v) is 6.27. The molecule has 1 aromatic rings. The maximum atomic E-state index is 12.2. The maximum Gasteiger partial charge on any atom is 0.261 e. The van der Waals surface area contributed by atoms with Crippen LogP contribution in [0.25, 0.3) is 0 Å². The average molecular weight is 314 g/mol. The standard InChI is InChI=1S/C13H18N2O3S2/c1-20(17,18)15-7-6-11-10(15)8-12(19-11)13(16)14-9-4-2-3-5-9/h8-9H,2-7H2,1H3,(H,14,16). The lowest BCUT2D eigenvalue weighted by Crippen LogP contribution is -2.32. The van der Waals surface area contributed by atoms with Crippen LogP contribution in [-0.4, -0.2) is 33.2 Å². The van der Waals surface area contributed by atoms with Gasteiger partial charge in [-0.1, -0.05) is 12.8 Å². The molecule has 0 atom stereocenters. The summed E-state index contributed by atoms with van der Waals surface area (Å²) in [5.41, 5.74) is 0.689. The van der Waals surface area contributed by atoms with Gasteiger partial charge in [-0.25, -0.2) is 8.42 Å². The van der Waals surface area contributed by atoms with E-state index in [9.17, 15) is 13.2 Å². The lowest BCUT2D eigenvalue weighted by atomic mass is 10.2. The van der Waals surface area contributed by atoms with Crippen LogP contribution in [0, 0.1) is 0 Å². The van der Waals surface area contributed by atoms with E-state index >= 15 is 0 Å². The quantitative estimate of drug-likeness (QED) is 0.924. The van der Waals surface area contributed by atoms with E-state index in [1.54, 1.807) is 6.07 Å². The van der Waals surface area contributed by atoms with Crippen molar-refractivity contribution in [2.75, 3.05) is 17.1 Å². The Morgan fingerprint density at radius 3 is 2.75 bits per heavy atom. The first kappa shape index (κ1) is 13.9. The summed E-state index contributed by atoms with van der Waals surface area (Å²) in [5.74, 6) is -0.0650. The second-order valence-electron chi connectivity index (χ2n) is 5.46. The minimum atomic E-state index is -3.24.